The zero-order valence-electron chi connectivity index (χ0n) is 34.9. The van der Waals surface area contributed by atoms with Crippen LogP contribution in [0.15, 0.2) is 71.8 Å². The summed E-state index contributed by atoms with van der Waals surface area (Å²) in [6.07, 6.45) is -9.52. The van der Waals surface area contributed by atoms with E-state index in [0.29, 0.717) is 12.0 Å². The van der Waals surface area contributed by atoms with Crippen LogP contribution in [-0.2, 0) is 52.4 Å². The maximum absolute atomic E-state index is 15.0. The normalized spacial score (nSPS) is 32.6. The number of ketones is 1. The molecule has 2 saturated carbocycles. The van der Waals surface area contributed by atoms with Crippen molar-refractivity contribution >= 4 is 35.6 Å². The second-order valence-electron chi connectivity index (χ2n) is 17.1. The SMILES string of the molecule is CCCC(=O)OCC(=O)O[C@@H](C(=O)O[C@H]1C[C@]2(O)C(OC(=O)c3ccccc3)[C@@H]3[C@]4(OC(C)=O)CO[C@@H]4C[C@H](O)[C@@]3(C)C(=O)[C@H](O)C(=C1C)C2(C)C)[C@@H](C)c1ccccc1. The maximum Gasteiger partial charge on any atom is 0.348 e. The van der Waals surface area contributed by atoms with Crippen molar-refractivity contribution in [1.29, 1.82) is 0 Å². The van der Waals surface area contributed by atoms with Gasteiger partial charge in [-0.05, 0) is 49.1 Å². The van der Waals surface area contributed by atoms with E-state index in [2.05, 4.69) is 0 Å². The number of carbonyl (C=O) groups excluding carboxylic acids is 6. The van der Waals surface area contributed by atoms with Crippen LogP contribution in [0, 0.1) is 16.7 Å². The van der Waals surface area contributed by atoms with Crippen molar-refractivity contribution < 1.29 is 72.5 Å². The van der Waals surface area contributed by atoms with Gasteiger partial charge in [0.1, 0.15) is 30.0 Å². The molecule has 2 aromatic rings. The predicted octanol–water partition coefficient (Wildman–Crippen LogP) is 3.69. The summed E-state index contributed by atoms with van der Waals surface area (Å²) in [6, 6.07) is 16.5. The highest BCUT2D eigenvalue weighted by Crippen LogP contribution is 2.64. The number of hydrogen-bond acceptors (Lipinski definition) is 15. The Hall–Kier alpha value is -4.96. The van der Waals surface area contributed by atoms with Gasteiger partial charge in [0.2, 0.25) is 6.10 Å². The summed E-state index contributed by atoms with van der Waals surface area (Å²) >= 11 is 0. The minimum Gasteiger partial charge on any atom is -0.455 e. The molecule has 0 amide bonds. The second-order valence-corrected chi connectivity index (χ2v) is 17.1. The molecular formula is C45H54O15. The molecule has 3 fully saturated rings. The van der Waals surface area contributed by atoms with Gasteiger partial charge in [0.15, 0.2) is 18.0 Å². The van der Waals surface area contributed by atoms with Gasteiger partial charge in [-0.15, -0.1) is 0 Å². The van der Waals surface area contributed by atoms with Crippen molar-refractivity contribution in [2.45, 2.75) is 128 Å². The average molecular weight is 835 g/mol. The van der Waals surface area contributed by atoms with Crippen molar-refractivity contribution in [1.82, 2.24) is 0 Å². The fraction of sp³-hybridized carbons (Fsp3) is 0.556. The summed E-state index contributed by atoms with van der Waals surface area (Å²) in [5, 5.41) is 37.6. The molecule has 4 aliphatic rings. The summed E-state index contributed by atoms with van der Waals surface area (Å²) in [7, 11) is 0. The Morgan fingerprint density at radius 2 is 1.57 bits per heavy atom. The molecule has 3 N–H and O–H groups in total. The highest BCUT2D eigenvalue weighted by Gasteiger charge is 2.78. The first-order valence-electron chi connectivity index (χ1n) is 20.3. The van der Waals surface area contributed by atoms with E-state index in [1.54, 1.807) is 76.2 Å². The molecule has 2 aromatic carbocycles. The Bertz CT molecular complexity index is 2030. The molecule has 60 heavy (non-hydrogen) atoms. The molecule has 6 rings (SSSR count). The number of benzene rings is 2. The predicted molar refractivity (Wildman–Crippen MR) is 210 cm³/mol. The minimum absolute atomic E-state index is 0.0484. The molecule has 15 heteroatoms. The van der Waals surface area contributed by atoms with E-state index in [9.17, 15) is 39.3 Å². The Morgan fingerprint density at radius 3 is 2.15 bits per heavy atom. The average Bonchev–Trinajstić information content (AvgIpc) is 3.20. The van der Waals surface area contributed by atoms with Crippen LogP contribution in [0.3, 0.4) is 0 Å². The number of aliphatic hydroxyl groups is 3. The van der Waals surface area contributed by atoms with Crippen molar-refractivity contribution in [2.75, 3.05) is 13.2 Å². The Balaban J connectivity index is 1.48. The molecule has 0 aromatic heterocycles. The molecule has 1 unspecified atom stereocenters. The van der Waals surface area contributed by atoms with Crippen LogP contribution in [0.4, 0.5) is 0 Å². The Kier molecular flexibility index (Phi) is 12.5. The monoisotopic (exact) mass is 834 g/mol. The fourth-order valence-corrected chi connectivity index (χ4v) is 9.86. The van der Waals surface area contributed by atoms with E-state index >= 15 is 4.79 Å². The van der Waals surface area contributed by atoms with Gasteiger partial charge in [-0.1, -0.05) is 76.2 Å². The molecule has 0 spiro atoms. The molecule has 3 aliphatic carbocycles. The number of aliphatic hydroxyl groups excluding tert-OH is 2. The van der Waals surface area contributed by atoms with Crippen molar-refractivity contribution in [2.24, 2.45) is 16.7 Å². The number of carbonyl (C=O) groups is 6. The highest BCUT2D eigenvalue weighted by atomic mass is 16.6. The summed E-state index contributed by atoms with van der Waals surface area (Å²) in [6.45, 7) is 9.53. The summed E-state index contributed by atoms with van der Waals surface area (Å²) in [5.41, 5.74) is -6.91. The second kappa shape index (κ2) is 16.8. The smallest absolute Gasteiger partial charge is 0.348 e. The third-order valence-electron chi connectivity index (χ3n) is 13.3. The van der Waals surface area contributed by atoms with Crippen LogP contribution in [0.25, 0.3) is 0 Å². The minimum atomic E-state index is -2.35. The van der Waals surface area contributed by atoms with Crippen LogP contribution in [0.2, 0.25) is 0 Å². The third-order valence-corrected chi connectivity index (χ3v) is 13.3. The fourth-order valence-electron chi connectivity index (χ4n) is 9.86. The van der Waals surface area contributed by atoms with Gasteiger partial charge in [0.25, 0.3) is 0 Å². The number of rotatable bonds is 12. The quantitative estimate of drug-likeness (QED) is 0.158. The van der Waals surface area contributed by atoms with Crippen LogP contribution in [-0.4, -0.2) is 112 Å². The van der Waals surface area contributed by atoms with Crippen LogP contribution >= 0.6 is 0 Å². The van der Waals surface area contributed by atoms with Crippen molar-refractivity contribution in [3.8, 4) is 0 Å². The first-order chi connectivity index (χ1) is 28.2. The zero-order chi connectivity index (χ0) is 43.9. The number of hydrogen-bond donors (Lipinski definition) is 3. The highest BCUT2D eigenvalue weighted by molar-refractivity contribution is 5.94. The van der Waals surface area contributed by atoms with Crippen molar-refractivity contribution in [3.05, 3.63) is 82.9 Å². The van der Waals surface area contributed by atoms with Gasteiger partial charge in [-0.3, -0.25) is 14.4 Å². The van der Waals surface area contributed by atoms with Gasteiger partial charge in [0, 0.05) is 37.5 Å². The standard InChI is InChI=1S/C45H54O15/c1-8-15-32(48)55-22-33(49)58-36(24(2)27-16-11-9-12-17-27)41(53)57-29-21-45(54)39(59-40(52)28-18-13-10-14-19-28)37-43(7,38(51)35(50)34(25(29)3)42(45,5)6)30(47)20-31-44(37,23-56-31)60-26(4)46/h9-14,16-19,24,29-31,35-37,39,47,50,54H,8,15,20-23H2,1-7H3/t24-,29-,30-,31+,35+,36+,37-,39?,43+,44-,45-/m0/s1. The molecular weight excluding hydrogens is 780 g/mol. The summed E-state index contributed by atoms with van der Waals surface area (Å²) in [4.78, 5) is 81.7. The molecule has 324 valence electrons. The molecule has 1 aliphatic heterocycles. The van der Waals surface area contributed by atoms with E-state index in [-0.39, 0.29) is 36.2 Å². The number of Topliss-reactive ketones (excluding diaryl/α,β-unsaturated/α-hetero) is 1. The topological polar surface area (TPSA) is 218 Å². The van der Waals surface area contributed by atoms with Crippen LogP contribution in [0.1, 0.15) is 96.0 Å². The first-order valence-corrected chi connectivity index (χ1v) is 20.3. The number of esters is 5. The zero-order valence-corrected chi connectivity index (χ0v) is 34.9. The van der Waals surface area contributed by atoms with Crippen molar-refractivity contribution in [3.63, 3.8) is 0 Å². The van der Waals surface area contributed by atoms with Gasteiger partial charge in [-0.2, -0.15) is 0 Å². The molecule has 0 radical (unpaired) electrons. The lowest BCUT2D eigenvalue weighted by Crippen LogP contribution is -2.81. The van der Waals surface area contributed by atoms with Gasteiger partial charge in [0.05, 0.1) is 29.6 Å². The lowest BCUT2D eigenvalue weighted by molar-refractivity contribution is -0.346. The molecule has 15 nitrogen and oxygen atoms in total. The van der Waals surface area contributed by atoms with Crippen LogP contribution in [0.5, 0.6) is 0 Å². The lowest BCUT2D eigenvalue weighted by atomic mass is 9.44. The van der Waals surface area contributed by atoms with E-state index in [4.69, 9.17) is 28.4 Å². The van der Waals surface area contributed by atoms with Gasteiger partial charge >= 0.3 is 29.8 Å². The van der Waals surface area contributed by atoms with Crippen LogP contribution < -0.4 is 0 Å². The van der Waals surface area contributed by atoms with Gasteiger partial charge in [-0.25, -0.2) is 14.4 Å². The first kappa shape index (κ1) is 44.6. The Labute approximate surface area is 348 Å². The molecule has 11 atom stereocenters. The third kappa shape index (κ3) is 7.54. The summed E-state index contributed by atoms with van der Waals surface area (Å²) in [5.74, 6) is -7.64. The largest absolute Gasteiger partial charge is 0.455 e. The summed E-state index contributed by atoms with van der Waals surface area (Å²) < 4.78 is 35.0. The molecule has 1 saturated heterocycles. The molecule has 1 heterocycles. The van der Waals surface area contributed by atoms with E-state index in [1.165, 1.54) is 26.0 Å². The van der Waals surface area contributed by atoms with Gasteiger partial charge < -0.3 is 43.7 Å². The molecule has 2 bridgehead atoms. The number of ether oxygens (including phenoxy) is 6. The Morgan fingerprint density at radius 1 is 0.933 bits per heavy atom. The number of fused-ring (bicyclic) bond motifs is 5. The lowest BCUT2D eigenvalue weighted by Gasteiger charge is -2.67. The van der Waals surface area contributed by atoms with E-state index in [1.807, 2.05) is 0 Å². The van der Waals surface area contributed by atoms with E-state index < -0.39 is 119 Å². The van der Waals surface area contributed by atoms with E-state index in [0.717, 1.165) is 6.92 Å². The maximum atomic E-state index is 15.0.